The summed E-state index contributed by atoms with van der Waals surface area (Å²) in [4.78, 5) is 0. The van der Waals surface area contributed by atoms with Crippen molar-refractivity contribution in [2.24, 2.45) is 0 Å². The van der Waals surface area contributed by atoms with Gasteiger partial charge in [-0.1, -0.05) is 31.5 Å². The van der Waals surface area contributed by atoms with E-state index in [1.165, 1.54) is 24.3 Å². The van der Waals surface area contributed by atoms with Gasteiger partial charge in [-0.3, -0.25) is 0 Å². The van der Waals surface area contributed by atoms with E-state index in [1.807, 2.05) is 29.5 Å². The van der Waals surface area contributed by atoms with Crippen LogP contribution in [0.25, 0.3) is 22.3 Å². The Morgan fingerprint density at radius 3 is 1.96 bits per heavy atom. The first kappa shape index (κ1) is 18.9. The SMILES string of the molecule is CCCc1ccc(-c2c(F)cc(-c3ccc(I)c(F)c3)cc2F)c(F)c1. The van der Waals surface area contributed by atoms with Crippen molar-refractivity contribution >= 4 is 22.6 Å². The fourth-order valence-electron chi connectivity index (χ4n) is 2.88. The van der Waals surface area contributed by atoms with Gasteiger partial charge in [0.1, 0.15) is 23.3 Å². The molecule has 0 atom stereocenters. The average molecular weight is 470 g/mol. The van der Waals surface area contributed by atoms with Gasteiger partial charge in [0.05, 0.1) is 5.56 Å². The molecule has 0 unspecified atom stereocenters. The molecule has 3 rings (SSSR count). The van der Waals surface area contributed by atoms with Gasteiger partial charge < -0.3 is 0 Å². The Labute approximate surface area is 163 Å². The highest BCUT2D eigenvalue weighted by atomic mass is 127. The van der Waals surface area contributed by atoms with Crippen LogP contribution in [0.2, 0.25) is 0 Å². The second-order valence-corrected chi connectivity index (χ2v) is 7.17. The Morgan fingerprint density at radius 1 is 0.731 bits per heavy atom. The van der Waals surface area contributed by atoms with Crippen molar-refractivity contribution in [2.75, 3.05) is 0 Å². The molecular weight excluding hydrogens is 455 g/mol. The van der Waals surface area contributed by atoms with Crippen LogP contribution in [0, 0.1) is 26.8 Å². The molecule has 0 heterocycles. The summed E-state index contributed by atoms with van der Waals surface area (Å²) in [5, 5.41) is 0. The third-order valence-electron chi connectivity index (χ3n) is 4.14. The van der Waals surface area contributed by atoms with Crippen LogP contribution in [0.4, 0.5) is 17.6 Å². The van der Waals surface area contributed by atoms with Gasteiger partial charge in [-0.05, 0) is 76.0 Å². The van der Waals surface area contributed by atoms with Crippen molar-refractivity contribution in [1.82, 2.24) is 0 Å². The predicted molar refractivity (Wildman–Crippen MR) is 104 cm³/mol. The Kier molecular flexibility index (Phi) is 5.65. The van der Waals surface area contributed by atoms with E-state index in [0.717, 1.165) is 24.1 Å². The fourth-order valence-corrected chi connectivity index (χ4v) is 3.21. The minimum Gasteiger partial charge on any atom is -0.206 e. The molecule has 134 valence electrons. The van der Waals surface area contributed by atoms with E-state index in [2.05, 4.69) is 0 Å². The van der Waals surface area contributed by atoms with E-state index >= 15 is 0 Å². The minimum atomic E-state index is -0.888. The van der Waals surface area contributed by atoms with Crippen LogP contribution in [0.3, 0.4) is 0 Å². The van der Waals surface area contributed by atoms with Gasteiger partial charge in [-0.15, -0.1) is 0 Å². The predicted octanol–water partition coefficient (Wildman–Crippen LogP) is 7.13. The van der Waals surface area contributed by atoms with Gasteiger partial charge in [0.15, 0.2) is 0 Å². The third kappa shape index (κ3) is 3.77. The van der Waals surface area contributed by atoms with E-state index in [-0.39, 0.29) is 11.1 Å². The van der Waals surface area contributed by atoms with Gasteiger partial charge in [-0.2, -0.15) is 0 Å². The number of halogens is 5. The van der Waals surface area contributed by atoms with Gasteiger partial charge in [0.25, 0.3) is 0 Å². The lowest BCUT2D eigenvalue weighted by Gasteiger charge is -2.11. The number of hydrogen-bond donors (Lipinski definition) is 0. The zero-order chi connectivity index (χ0) is 18.8. The number of aryl methyl sites for hydroxylation is 1. The molecule has 5 heteroatoms. The summed E-state index contributed by atoms with van der Waals surface area (Å²) in [7, 11) is 0. The molecule has 0 aliphatic carbocycles. The first-order valence-corrected chi connectivity index (χ1v) is 9.22. The van der Waals surface area contributed by atoms with E-state index in [4.69, 9.17) is 0 Å². The van der Waals surface area contributed by atoms with Crippen LogP contribution in [-0.4, -0.2) is 0 Å². The maximum atomic E-state index is 14.6. The molecule has 0 spiro atoms. The van der Waals surface area contributed by atoms with E-state index in [9.17, 15) is 17.6 Å². The molecule has 26 heavy (non-hydrogen) atoms. The zero-order valence-electron chi connectivity index (χ0n) is 13.9. The monoisotopic (exact) mass is 470 g/mol. The minimum absolute atomic E-state index is 0.125. The number of benzene rings is 3. The second-order valence-electron chi connectivity index (χ2n) is 6.01. The Bertz CT molecular complexity index is 943. The van der Waals surface area contributed by atoms with Crippen LogP contribution in [0.1, 0.15) is 18.9 Å². The van der Waals surface area contributed by atoms with Crippen LogP contribution < -0.4 is 0 Å². The molecule has 0 fully saturated rings. The smallest absolute Gasteiger partial charge is 0.137 e. The Balaban J connectivity index is 2.06. The quantitative estimate of drug-likeness (QED) is 0.281. The van der Waals surface area contributed by atoms with E-state index < -0.39 is 28.8 Å². The van der Waals surface area contributed by atoms with Crippen molar-refractivity contribution in [2.45, 2.75) is 19.8 Å². The average Bonchev–Trinajstić information content (AvgIpc) is 2.58. The van der Waals surface area contributed by atoms with Crippen LogP contribution in [0.5, 0.6) is 0 Å². The molecule has 0 saturated carbocycles. The molecule has 3 aromatic rings. The molecule has 0 aliphatic heterocycles. The second kappa shape index (κ2) is 7.78. The Morgan fingerprint density at radius 2 is 1.38 bits per heavy atom. The summed E-state index contributed by atoms with van der Waals surface area (Å²) >= 11 is 1.83. The molecular formula is C21H15F4I. The lowest BCUT2D eigenvalue weighted by atomic mass is 9.97. The van der Waals surface area contributed by atoms with Crippen LogP contribution in [-0.2, 0) is 6.42 Å². The first-order valence-electron chi connectivity index (χ1n) is 8.14. The highest BCUT2D eigenvalue weighted by molar-refractivity contribution is 14.1. The van der Waals surface area contributed by atoms with E-state index in [1.54, 1.807) is 12.1 Å². The fraction of sp³-hybridized carbons (Fsp3) is 0.143. The Hall–Kier alpha value is -1.89. The molecule has 0 aliphatic rings. The molecule has 0 nitrogen and oxygen atoms in total. The highest BCUT2D eigenvalue weighted by Crippen LogP contribution is 2.33. The van der Waals surface area contributed by atoms with Crippen molar-refractivity contribution in [3.05, 3.63) is 80.9 Å². The van der Waals surface area contributed by atoms with Crippen molar-refractivity contribution in [1.29, 1.82) is 0 Å². The van der Waals surface area contributed by atoms with Gasteiger partial charge >= 0.3 is 0 Å². The highest BCUT2D eigenvalue weighted by Gasteiger charge is 2.18. The molecule has 0 N–H and O–H groups in total. The molecule has 3 aromatic carbocycles. The third-order valence-corrected chi connectivity index (χ3v) is 5.01. The standard InChI is InChI=1S/C21H15F4I/c1-2-3-12-4-6-15(16(22)8-12)21-18(24)10-14(11-19(21)25)13-5-7-20(26)17(23)9-13/h4-11H,2-3H2,1H3. The summed E-state index contributed by atoms with van der Waals surface area (Å²) in [6.07, 6.45) is 1.54. The largest absolute Gasteiger partial charge is 0.206 e. The molecule has 0 radical (unpaired) electrons. The first-order chi connectivity index (χ1) is 12.4. The molecule has 0 saturated heterocycles. The van der Waals surface area contributed by atoms with Crippen LogP contribution >= 0.6 is 22.6 Å². The van der Waals surface area contributed by atoms with Gasteiger partial charge in [0, 0.05) is 9.13 Å². The van der Waals surface area contributed by atoms with Crippen molar-refractivity contribution in [3.8, 4) is 22.3 Å². The van der Waals surface area contributed by atoms with Crippen LogP contribution in [0.15, 0.2) is 48.5 Å². The number of hydrogen-bond acceptors (Lipinski definition) is 0. The maximum Gasteiger partial charge on any atom is 0.137 e. The molecule has 0 amide bonds. The summed E-state index contributed by atoms with van der Waals surface area (Å²) in [6, 6.07) is 10.9. The summed E-state index contributed by atoms with van der Waals surface area (Å²) in [5.41, 5.74) is 0.786. The zero-order valence-corrected chi connectivity index (χ0v) is 16.1. The van der Waals surface area contributed by atoms with Crippen molar-refractivity contribution < 1.29 is 17.6 Å². The number of rotatable bonds is 4. The summed E-state index contributed by atoms with van der Waals surface area (Å²) < 4.78 is 57.7. The van der Waals surface area contributed by atoms with Crippen molar-refractivity contribution in [3.63, 3.8) is 0 Å². The lowest BCUT2D eigenvalue weighted by Crippen LogP contribution is -1.96. The van der Waals surface area contributed by atoms with Gasteiger partial charge in [0.2, 0.25) is 0 Å². The molecule has 0 aromatic heterocycles. The van der Waals surface area contributed by atoms with Gasteiger partial charge in [-0.25, -0.2) is 17.6 Å². The lowest BCUT2D eigenvalue weighted by molar-refractivity contribution is 0.582. The summed E-state index contributed by atoms with van der Waals surface area (Å²) in [6.45, 7) is 1.97. The molecule has 0 bridgehead atoms. The summed E-state index contributed by atoms with van der Waals surface area (Å²) in [5.74, 6) is -2.91. The topological polar surface area (TPSA) is 0 Å². The normalized spacial score (nSPS) is 11.0. The maximum absolute atomic E-state index is 14.6. The van der Waals surface area contributed by atoms with E-state index in [0.29, 0.717) is 15.6 Å².